The number of aromatic nitrogens is 1. The largest absolute Gasteiger partial charge is 0.469 e. The predicted octanol–water partition coefficient (Wildman–Crippen LogP) is 5.78. The van der Waals surface area contributed by atoms with E-state index in [1.165, 1.54) is 13.2 Å². The minimum absolute atomic E-state index is 0.0645. The van der Waals surface area contributed by atoms with Crippen LogP contribution >= 0.6 is 23.2 Å². The molecule has 0 aliphatic rings. The molecular weight excluding hydrogens is 364 g/mol. The van der Waals surface area contributed by atoms with E-state index in [4.69, 9.17) is 27.9 Å². The summed E-state index contributed by atoms with van der Waals surface area (Å²) in [5.74, 6) is -0.707. The SMILES string of the molecule is COC(=O)CCCc1c(-c2ccc(F)c(Cl)c2)[nH]c2ccc(Cl)cc12. The molecule has 0 amide bonds. The monoisotopic (exact) mass is 379 g/mol. The van der Waals surface area contributed by atoms with Gasteiger partial charge in [0.1, 0.15) is 5.82 Å². The summed E-state index contributed by atoms with van der Waals surface area (Å²) >= 11 is 12.1. The molecule has 3 nitrogen and oxygen atoms in total. The van der Waals surface area contributed by atoms with Crippen molar-refractivity contribution >= 4 is 40.1 Å². The van der Waals surface area contributed by atoms with Crippen molar-refractivity contribution in [2.45, 2.75) is 19.3 Å². The average Bonchev–Trinajstić information content (AvgIpc) is 2.95. The van der Waals surface area contributed by atoms with Gasteiger partial charge in [-0.2, -0.15) is 0 Å². The Morgan fingerprint density at radius 3 is 2.72 bits per heavy atom. The van der Waals surface area contributed by atoms with Gasteiger partial charge in [0.2, 0.25) is 0 Å². The van der Waals surface area contributed by atoms with Crippen LogP contribution in [0, 0.1) is 5.82 Å². The van der Waals surface area contributed by atoms with Crippen molar-refractivity contribution in [2.24, 2.45) is 0 Å². The van der Waals surface area contributed by atoms with Crippen LogP contribution in [0.15, 0.2) is 36.4 Å². The summed E-state index contributed by atoms with van der Waals surface area (Å²) in [6, 6.07) is 10.2. The summed E-state index contributed by atoms with van der Waals surface area (Å²) in [5.41, 5.74) is 3.58. The number of ether oxygens (including phenoxy) is 1. The number of halogens is 3. The van der Waals surface area contributed by atoms with Gasteiger partial charge in [0.25, 0.3) is 0 Å². The summed E-state index contributed by atoms with van der Waals surface area (Å²) in [6.45, 7) is 0. The Kier molecular flexibility index (Phi) is 5.30. The lowest BCUT2D eigenvalue weighted by Gasteiger charge is -2.06. The number of nitrogens with one attached hydrogen (secondary N) is 1. The summed E-state index contributed by atoms with van der Waals surface area (Å²) in [6.07, 6.45) is 1.61. The maximum atomic E-state index is 13.5. The first-order valence-corrected chi connectivity index (χ1v) is 8.57. The molecule has 0 aliphatic carbocycles. The first kappa shape index (κ1) is 17.8. The van der Waals surface area contributed by atoms with Crippen LogP contribution in [0.2, 0.25) is 10.0 Å². The van der Waals surface area contributed by atoms with Crippen molar-refractivity contribution in [3.8, 4) is 11.3 Å². The Balaban J connectivity index is 2.05. The third-order valence-electron chi connectivity index (χ3n) is 4.11. The Bertz CT molecular complexity index is 937. The van der Waals surface area contributed by atoms with Crippen LogP contribution in [-0.2, 0) is 16.0 Å². The van der Waals surface area contributed by atoms with E-state index < -0.39 is 5.82 Å². The van der Waals surface area contributed by atoms with Gasteiger partial charge in [0.15, 0.2) is 0 Å². The second kappa shape index (κ2) is 7.46. The maximum Gasteiger partial charge on any atom is 0.305 e. The molecular formula is C19H16Cl2FNO2. The molecule has 0 atom stereocenters. The highest BCUT2D eigenvalue weighted by Crippen LogP contribution is 2.34. The molecule has 25 heavy (non-hydrogen) atoms. The summed E-state index contributed by atoms with van der Waals surface area (Å²) in [7, 11) is 1.37. The maximum absolute atomic E-state index is 13.5. The van der Waals surface area contributed by atoms with Crippen molar-refractivity contribution in [3.05, 3.63) is 57.8 Å². The first-order valence-electron chi connectivity index (χ1n) is 7.82. The molecule has 0 saturated carbocycles. The first-order chi connectivity index (χ1) is 12.0. The number of benzene rings is 2. The highest BCUT2D eigenvalue weighted by Gasteiger charge is 2.15. The third-order valence-corrected chi connectivity index (χ3v) is 4.64. The van der Waals surface area contributed by atoms with Crippen LogP contribution < -0.4 is 0 Å². The standard InChI is InChI=1S/C19H16Cl2FNO2/c1-25-18(24)4-2-3-13-14-10-12(20)6-8-17(14)23-19(13)11-5-7-16(22)15(21)9-11/h5-10,23H,2-4H2,1H3. The molecule has 0 unspecified atom stereocenters. The molecule has 0 radical (unpaired) electrons. The Hall–Kier alpha value is -2.04. The molecule has 0 bridgehead atoms. The number of methoxy groups -OCH3 is 1. The fourth-order valence-electron chi connectivity index (χ4n) is 2.89. The van der Waals surface area contributed by atoms with E-state index in [0.29, 0.717) is 24.3 Å². The smallest absolute Gasteiger partial charge is 0.305 e. The fraction of sp³-hybridized carbons (Fsp3) is 0.211. The van der Waals surface area contributed by atoms with Crippen LogP contribution in [-0.4, -0.2) is 18.1 Å². The van der Waals surface area contributed by atoms with E-state index in [0.717, 1.165) is 27.7 Å². The van der Waals surface area contributed by atoms with Gasteiger partial charge in [0.05, 0.1) is 12.1 Å². The van der Waals surface area contributed by atoms with Crippen LogP contribution in [0.4, 0.5) is 4.39 Å². The molecule has 3 aromatic rings. The summed E-state index contributed by atoms with van der Waals surface area (Å²) in [4.78, 5) is 14.7. The molecule has 1 N–H and O–H groups in total. The number of rotatable bonds is 5. The number of hydrogen-bond acceptors (Lipinski definition) is 2. The van der Waals surface area contributed by atoms with E-state index in [-0.39, 0.29) is 11.0 Å². The van der Waals surface area contributed by atoms with Crippen LogP contribution in [0.5, 0.6) is 0 Å². The van der Waals surface area contributed by atoms with Crippen molar-refractivity contribution in [2.75, 3.05) is 7.11 Å². The molecule has 130 valence electrons. The second-order valence-electron chi connectivity index (χ2n) is 5.73. The molecule has 1 aromatic heterocycles. The van der Waals surface area contributed by atoms with Gasteiger partial charge >= 0.3 is 5.97 Å². The topological polar surface area (TPSA) is 42.1 Å². The van der Waals surface area contributed by atoms with Crippen molar-refractivity contribution < 1.29 is 13.9 Å². The summed E-state index contributed by atoms with van der Waals surface area (Å²) < 4.78 is 18.2. The number of hydrogen-bond donors (Lipinski definition) is 1. The van der Waals surface area contributed by atoms with Crippen LogP contribution in [0.3, 0.4) is 0 Å². The zero-order valence-corrected chi connectivity index (χ0v) is 15.0. The van der Waals surface area contributed by atoms with Gasteiger partial charge in [-0.1, -0.05) is 23.2 Å². The zero-order valence-electron chi connectivity index (χ0n) is 13.5. The highest BCUT2D eigenvalue weighted by atomic mass is 35.5. The average molecular weight is 380 g/mol. The van der Waals surface area contributed by atoms with E-state index in [9.17, 15) is 9.18 Å². The Morgan fingerprint density at radius 1 is 1.20 bits per heavy atom. The number of carbonyl (C=O) groups excluding carboxylic acids is 1. The molecule has 2 aromatic carbocycles. The van der Waals surface area contributed by atoms with Crippen molar-refractivity contribution in [3.63, 3.8) is 0 Å². The van der Waals surface area contributed by atoms with Gasteiger partial charge < -0.3 is 9.72 Å². The minimum atomic E-state index is -0.461. The lowest BCUT2D eigenvalue weighted by atomic mass is 10.0. The quantitative estimate of drug-likeness (QED) is 0.571. The number of aromatic amines is 1. The lowest BCUT2D eigenvalue weighted by Crippen LogP contribution is -2.00. The molecule has 6 heteroatoms. The third kappa shape index (κ3) is 3.80. The second-order valence-corrected chi connectivity index (χ2v) is 6.57. The van der Waals surface area contributed by atoms with Gasteiger partial charge in [-0.15, -0.1) is 0 Å². The normalized spacial score (nSPS) is 11.0. The molecule has 0 aliphatic heterocycles. The molecule has 0 saturated heterocycles. The van der Waals surface area contributed by atoms with E-state index in [1.807, 2.05) is 12.1 Å². The lowest BCUT2D eigenvalue weighted by molar-refractivity contribution is -0.140. The number of H-pyrrole nitrogens is 1. The fourth-order valence-corrected chi connectivity index (χ4v) is 3.24. The van der Waals surface area contributed by atoms with Crippen molar-refractivity contribution in [1.82, 2.24) is 4.98 Å². The zero-order chi connectivity index (χ0) is 18.0. The molecule has 1 heterocycles. The van der Waals surface area contributed by atoms with Gasteiger partial charge in [-0.3, -0.25) is 4.79 Å². The van der Waals surface area contributed by atoms with Crippen LogP contribution in [0.1, 0.15) is 18.4 Å². The highest BCUT2D eigenvalue weighted by molar-refractivity contribution is 6.31. The molecule has 3 rings (SSSR count). The van der Waals surface area contributed by atoms with E-state index >= 15 is 0 Å². The number of esters is 1. The van der Waals surface area contributed by atoms with Gasteiger partial charge in [0, 0.05) is 28.0 Å². The molecule has 0 fully saturated rings. The van der Waals surface area contributed by atoms with E-state index in [2.05, 4.69) is 4.98 Å². The van der Waals surface area contributed by atoms with Gasteiger partial charge in [-0.25, -0.2) is 4.39 Å². The van der Waals surface area contributed by atoms with Crippen molar-refractivity contribution in [1.29, 1.82) is 0 Å². The van der Waals surface area contributed by atoms with Crippen LogP contribution in [0.25, 0.3) is 22.2 Å². The molecule has 0 spiro atoms. The van der Waals surface area contributed by atoms with E-state index in [1.54, 1.807) is 18.2 Å². The minimum Gasteiger partial charge on any atom is -0.469 e. The number of fused-ring (bicyclic) bond motifs is 1. The number of aryl methyl sites for hydroxylation is 1. The Morgan fingerprint density at radius 2 is 2.00 bits per heavy atom. The Labute approximate surface area is 154 Å². The predicted molar refractivity (Wildman–Crippen MR) is 98.7 cm³/mol. The van der Waals surface area contributed by atoms with Gasteiger partial charge in [-0.05, 0) is 60.4 Å². The number of carbonyl (C=O) groups is 1. The summed E-state index contributed by atoms with van der Waals surface area (Å²) in [5, 5.41) is 1.67.